The highest BCUT2D eigenvalue weighted by molar-refractivity contribution is 9.10. The molecule has 2 rings (SSSR count). The number of rotatable bonds is 5. The van der Waals surface area contributed by atoms with Gasteiger partial charge in [0.15, 0.2) is 11.6 Å². The van der Waals surface area contributed by atoms with Crippen LogP contribution in [-0.4, -0.2) is 11.7 Å². The summed E-state index contributed by atoms with van der Waals surface area (Å²) in [5.74, 6) is -2.34. The summed E-state index contributed by atoms with van der Waals surface area (Å²) in [5.41, 5.74) is 7.04. The molecule has 0 aliphatic heterocycles. The molecule has 0 heterocycles. The van der Waals surface area contributed by atoms with Crippen LogP contribution in [-0.2, 0) is 6.54 Å². The van der Waals surface area contributed by atoms with E-state index in [-0.39, 0.29) is 12.4 Å². The SMILES string of the molecule is NCc1ccc(C(O)COc2cc(Br)cc(F)c2F)cc1. The lowest BCUT2D eigenvalue weighted by molar-refractivity contribution is 0.105. The zero-order chi connectivity index (χ0) is 15.4. The number of aliphatic hydroxyl groups excluding tert-OH is 1. The fraction of sp³-hybridized carbons (Fsp3) is 0.200. The number of benzene rings is 2. The maximum absolute atomic E-state index is 13.5. The molecule has 0 bridgehead atoms. The van der Waals surface area contributed by atoms with Crippen molar-refractivity contribution >= 4 is 15.9 Å². The molecule has 6 heteroatoms. The lowest BCUT2D eigenvalue weighted by Gasteiger charge is -2.14. The molecule has 21 heavy (non-hydrogen) atoms. The van der Waals surface area contributed by atoms with Crippen LogP contribution in [0.15, 0.2) is 40.9 Å². The van der Waals surface area contributed by atoms with Crippen molar-refractivity contribution in [2.75, 3.05) is 6.61 Å². The van der Waals surface area contributed by atoms with Gasteiger partial charge in [-0.05, 0) is 23.3 Å². The summed E-state index contributed by atoms with van der Waals surface area (Å²) in [4.78, 5) is 0. The smallest absolute Gasteiger partial charge is 0.200 e. The summed E-state index contributed by atoms with van der Waals surface area (Å²) >= 11 is 3.05. The summed E-state index contributed by atoms with van der Waals surface area (Å²) in [7, 11) is 0. The van der Waals surface area contributed by atoms with E-state index < -0.39 is 17.7 Å². The molecule has 0 saturated carbocycles. The molecule has 0 radical (unpaired) electrons. The van der Waals surface area contributed by atoms with E-state index in [1.54, 1.807) is 24.3 Å². The van der Waals surface area contributed by atoms with Crippen LogP contribution >= 0.6 is 15.9 Å². The number of halogens is 3. The summed E-state index contributed by atoms with van der Waals surface area (Å²) in [6.45, 7) is 0.226. The van der Waals surface area contributed by atoms with Gasteiger partial charge in [0, 0.05) is 11.0 Å². The van der Waals surface area contributed by atoms with Crippen molar-refractivity contribution in [1.29, 1.82) is 0 Å². The van der Waals surface area contributed by atoms with Gasteiger partial charge in [-0.3, -0.25) is 0 Å². The molecule has 0 amide bonds. The number of nitrogens with two attached hydrogens (primary N) is 1. The van der Waals surface area contributed by atoms with Gasteiger partial charge in [-0.25, -0.2) is 4.39 Å². The Morgan fingerprint density at radius 2 is 1.86 bits per heavy atom. The second kappa shape index (κ2) is 6.98. The van der Waals surface area contributed by atoms with Crippen molar-refractivity contribution in [2.45, 2.75) is 12.6 Å². The number of hydrogen-bond acceptors (Lipinski definition) is 3. The van der Waals surface area contributed by atoms with E-state index in [0.717, 1.165) is 11.6 Å². The molecule has 2 aromatic carbocycles. The van der Waals surface area contributed by atoms with Gasteiger partial charge in [0.05, 0.1) is 0 Å². The van der Waals surface area contributed by atoms with Gasteiger partial charge in [0.1, 0.15) is 12.7 Å². The minimum Gasteiger partial charge on any atom is -0.487 e. The van der Waals surface area contributed by atoms with Crippen LogP contribution in [0.5, 0.6) is 5.75 Å². The molecule has 0 fully saturated rings. The van der Waals surface area contributed by atoms with E-state index in [0.29, 0.717) is 16.6 Å². The fourth-order valence-electron chi connectivity index (χ4n) is 1.78. The summed E-state index contributed by atoms with van der Waals surface area (Å²) < 4.78 is 32.2. The Morgan fingerprint density at radius 1 is 1.19 bits per heavy atom. The average Bonchev–Trinajstić information content (AvgIpc) is 2.49. The largest absolute Gasteiger partial charge is 0.487 e. The highest BCUT2D eigenvalue weighted by Gasteiger charge is 2.14. The highest BCUT2D eigenvalue weighted by atomic mass is 79.9. The molecule has 0 saturated heterocycles. The Balaban J connectivity index is 2.05. The van der Waals surface area contributed by atoms with Crippen LogP contribution in [0.25, 0.3) is 0 Å². The minimum absolute atomic E-state index is 0.186. The van der Waals surface area contributed by atoms with Crippen LogP contribution in [0.2, 0.25) is 0 Å². The van der Waals surface area contributed by atoms with E-state index in [1.165, 1.54) is 6.07 Å². The Hall–Kier alpha value is -1.50. The molecular weight excluding hydrogens is 344 g/mol. The predicted molar refractivity (Wildman–Crippen MR) is 78.8 cm³/mol. The molecule has 3 N–H and O–H groups in total. The van der Waals surface area contributed by atoms with Crippen LogP contribution in [0.4, 0.5) is 8.78 Å². The first-order valence-electron chi connectivity index (χ1n) is 6.25. The Kier molecular flexibility index (Phi) is 5.27. The van der Waals surface area contributed by atoms with Gasteiger partial charge in [-0.15, -0.1) is 0 Å². The van der Waals surface area contributed by atoms with Crippen molar-refractivity contribution in [3.8, 4) is 5.75 Å². The summed E-state index contributed by atoms with van der Waals surface area (Å²) in [5, 5.41) is 9.99. The first kappa shape index (κ1) is 15.9. The zero-order valence-corrected chi connectivity index (χ0v) is 12.6. The first-order valence-corrected chi connectivity index (χ1v) is 7.05. The van der Waals surface area contributed by atoms with Crippen LogP contribution in [0.3, 0.4) is 0 Å². The van der Waals surface area contributed by atoms with E-state index in [1.807, 2.05) is 0 Å². The average molecular weight is 358 g/mol. The van der Waals surface area contributed by atoms with E-state index in [9.17, 15) is 13.9 Å². The van der Waals surface area contributed by atoms with Crippen molar-refractivity contribution in [3.05, 3.63) is 63.6 Å². The Labute approximate surface area is 129 Å². The normalized spacial score (nSPS) is 12.2. The minimum atomic E-state index is -1.08. The van der Waals surface area contributed by atoms with E-state index in [2.05, 4.69) is 15.9 Å². The van der Waals surface area contributed by atoms with Crippen LogP contribution < -0.4 is 10.5 Å². The fourth-order valence-corrected chi connectivity index (χ4v) is 2.19. The number of ether oxygens (including phenoxy) is 1. The van der Waals surface area contributed by atoms with Crippen molar-refractivity contribution in [2.24, 2.45) is 5.73 Å². The molecule has 0 aliphatic rings. The number of hydrogen-bond donors (Lipinski definition) is 2. The Bertz CT molecular complexity index is 620. The van der Waals surface area contributed by atoms with E-state index >= 15 is 0 Å². The maximum Gasteiger partial charge on any atom is 0.200 e. The third-order valence-electron chi connectivity index (χ3n) is 2.96. The topological polar surface area (TPSA) is 55.5 Å². The predicted octanol–water partition coefficient (Wildman–Crippen LogP) is 3.30. The van der Waals surface area contributed by atoms with Gasteiger partial charge in [0.25, 0.3) is 0 Å². The zero-order valence-electron chi connectivity index (χ0n) is 11.0. The first-order chi connectivity index (χ1) is 10.0. The molecule has 1 atom stereocenters. The van der Waals surface area contributed by atoms with E-state index in [4.69, 9.17) is 10.5 Å². The van der Waals surface area contributed by atoms with Gasteiger partial charge < -0.3 is 15.6 Å². The second-order valence-electron chi connectivity index (χ2n) is 4.47. The highest BCUT2D eigenvalue weighted by Crippen LogP contribution is 2.26. The maximum atomic E-state index is 13.5. The van der Waals surface area contributed by atoms with Crippen LogP contribution in [0, 0.1) is 11.6 Å². The molecule has 112 valence electrons. The standard InChI is InChI=1S/C15H14BrF2NO2/c16-11-5-12(17)15(18)14(6-11)21-8-13(20)10-3-1-9(7-19)2-4-10/h1-6,13,20H,7-8,19H2. The van der Waals surface area contributed by atoms with Crippen molar-refractivity contribution < 1.29 is 18.6 Å². The van der Waals surface area contributed by atoms with Gasteiger partial charge in [-0.1, -0.05) is 40.2 Å². The lowest BCUT2D eigenvalue weighted by atomic mass is 10.1. The van der Waals surface area contributed by atoms with Crippen molar-refractivity contribution in [3.63, 3.8) is 0 Å². The second-order valence-corrected chi connectivity index (χ2v) is 5.39. The third-order valence-corrected chi connectivity index (χ3v) is 3.41. The number of aliphatic hydroxyl groups is 1. The quantitative estimate of drug-likeness (QED) is 0.807. The summed E-state index contributed by atoms with van der Waals surface area (Å²) in [6, 6.07) is 9.32. The van der Waals surface area contributed by atoms with Crippen molar-refractivity contribution in [1.82, 2.24) is 0 Å². The molecule has 0 aromatic heterocycles. The van der Waals surface area contributed by atoms with Gasteiger partial charge in [-0.2, -0.15) is 4.39 Å². The monoisotopic (exact) mass is 357 g/mol. The third kappa shape index (κ3) is 4.00. The molecule has 0 aliphatic carbocycles. The Morgan fingerprint density at radius 3 is 2.48 bits per heavy atom. The molecule has 1 unspecified atom stereocenters. The summed E-state index contributed by atoms with van der Waals surface area (Å²) in [6.07, 6.45) is -0.946. The van der Waals surface area contributed by atoms with Gasteiger partial charge >= 0.3 is 0 Å². The molecule has 0 spiro atoms. The van der Waals surface area contributed by atoms with Gasteiger partial charge in [0.2, 0.25) is 5.82 Å². The van der Waals surface area contributed by atoms with Crippen LogP contribution in [0.1, 0.15) is 17.2 Å². The molecular formula is C15H14BrF2NO2. The molecule has 3 nitrogen and oxygen atoms in total. The lowest BCUT2D eigenvalue weighted by Crippen LogP contribution is -2.11. The molecule has 2 aromatic rings.